The lowest BCUT2D eigenvalue weighted by atomic mass is 9.80. The molecule has 3 rings (SSSR count). The van der Waals surface area contributed by atoms with Crippen molar-refractivity contribution in [2.75, 3.05) is 5.32 Å². The van der Waals surface area contributed by atoms with Gasteiger partial charge in [-0.1, -0.05) is 18.6 Å². The SMILES string of the molecule is O=C1CCC(Nc2ccc(C3CCC3)cc2)C(=O)N1. The Morgan fingerprint density at radius 3 is 2.37 bits per heavy atom. The second-order valence-corrected chi connectivity index (χ2v) is 5.40. The van der Waals surface area contributed by atoms with Gasteiger partial charge in [0.05, 0.1) is 0 Å². The Kier molecular flexibility index (Phi) is 3.23. The largest absolute Gasteiger partial charge is 0.374 e. The summed E-state index contributed by atoms with van der Waals surface area (Å²) < 4.78 is 0. The molecular weight excluding hydrogens is 240 g/mol. The first-order valence-corrected chi connectivity index (χ1v) is 6.92. The maximum absolute atomic E-state index is 11.6. The Morgan fingerprint density at radius 1 is 1.05 bits per heavy atom. The highest BCUT2D eigenvalue weighted by atomic mass is 16.2. The number of rotatable bonds is 3. The summed E-state index contributed by atoms with van der Waals surface area (Å²) in [5.41, 5.74) is 2.33. The van der Waals surface area contributed by atoms with Crippen LogP contribution in [0.15, 0.2) is 24.3 Å². The summed E-state index contributed by atoms with van der Waals surface area (Å²) in [6, 6.07) is 8.03. The first-order chi connectivity index (χ1) is 9.22. The molecule has 1 heterocycles. The molecule has 100 valence electrons. The van der Waals surface area contributed by atoms with E-state index >= 15 is 0 Å². The van der Waals surface area contributed by atoms with E-state index in [1.807, 2.05) is 12.1 Å². The van der Waals surface area contributed by atoms with Gasteiger partial charge in [0, 0.05) is 12.1 Å². The van der Waals surface area contributed by atoms with Crippen LogP contribution in [0, 0.1) is 0 Å². The number of benzene rings is 1. The zero-order valence-electron chi connectivity index (χ0n) is 10.8. The van der Waals surface area contributed by atoms with Crippen LogP contribution in [0.3, 0.4) is 0 Å². The maximum atomic E-state index is 11.6. The van der Waals surface area contributed by atoms with Crippen molar-refractivity contribution in [3.8, 4) is 0 Å². The number of amides is 2. The van der Waals surface area contributed by atoms with E-state index in [1.54, 1.807) is 0 Å². The minimum atomic E-state index is -0.299. The molecule has 4 heteroatoms. The van der Waals surface area contributed by atoms with Crippen LogP contribution < -0.4 is 10.6 Å². The Balaban J connectivity index is 1.63. The van der Waals surface area contributed by atoms with Gasteiger partial charge in [-0.3, -0.25) is 14.9 Å². The Bertz CT molecular complexity index is 491. The topological polar surface area (TPSA) is 58.2 Å². The molecule has 2 fully saturated rings. The van der Waals surface area contributed by atoms with Gasteiger partial charge in [0.25, 0.3) is 0 Å². The molecule has 1 saturated carbocycles. The van der Waals surface area contributed by atoms with Crippen molar-refractivity contribution in [1.29, 1.82) is 0 Å². The Morgan fingerprint density at radius 2 is 1.79 bits per heavy atom. The summed E-state index contributed by atoms with van der Waals surface area (Å²) in [4.78, 5) is 22.7. The first kappa shape index (κ1) is 12.2. The van der Waals surface area contributed by atoms with Crippen LogP contribution in [0.2, 0.25) is 0 Å². The van der Waals surface area contributed by atoms with Crippen molar-refractivity contribution in [3.63, 3.8) is 0 Å². The highest BCUT2D eigenvalue weighted by molar-refractivity contribution is 6.01. The number of hydrogen-bond donors (Lipinski definition) is 2. The van der Waals surface area contributed by atoms with Crippen LogP contribution in [0.5, 0.6) is 0 Å². The lowest BCUT2D eigenvalue weighted by Crippen LogP contribution is -2.47. The molecule has 0 radical (unpaired) electrons. The molecule has 1 aromatic rings. The standard InChI is InChI=1S/C15H18N2O2/c18-14-9-8-13(15(19)17-14)16-12-6-4-11(5-7-12)10-2-1-3-10/h4-7,10,13,16H,1-3,8-9H2,(H,17,18,19). The van der Waals surface area contributed by atoms with Gasteiger partial charge in [-0.25, -0.2) is 0 Å². The average Bonchev–Trinajstić information content (AvgIpc) is 2.33. The molecule has 0 aromatic heterocycles. The summed E-state index contributed by atoms with van der Waals surface area (Å²) in [5, 5.41) is 5.55. The van der Waals surface area contributed by atoms with Crippen molar-refractivity contribution in [1.82, 2.24) is 5.32 Å². The highest BCUT2D eigenvalue weighted by Gasteiger charge is 2.26. The maximum Gasteiger partial charge on any atom is 0.249 e. The molecule has 4 nitrogen and oxygen atoms in total. The number of anilines is 1. The smallest absolute Gasteiger partial charge is 0.249 e. The summed E-state index contributed by atoms with van der Waals surface area (Å²) in [6.45, 7) is 0. The molecule has 19 heavy (non-hydrogen) atoms. The quantitative estimate of drug-likeness (QED) is 0.817. The number of carbonyl (C=O) groups excluding carboxylic acids is 2. The molecule has 0 bridgehead atoms. The van der Waals surface area contributed by atoms with Gasteiger partial charge in [0.1, 0.15) is 6.04 Å². The summed E-state index contributed by atoms with van der Waals surface area (Å²) in [7, 11) is 0. The predicted molar refractivity (Wildman–Crippen MR) is 72.8 cm³/mol. The fourth-order valence-corrected chi connectivity index (χ4v) is 2.63. The minimum Gasteiger partial charge on any atom is -0.374 e. The molecule has 0 spiro atoms. The fraction of sp³-hybridized carbons (Fsp3) is 0.467. The monoisotopic (exact) mass is 258 g/mol. The molecule has 1 atom stereocenters. The molecule has 2 N–H and O–H groups in total. The number of nitrogens with one attached hydrogen (secondary N) is 2. The van der Waals surface area contributed by atoms with Gasteiger partial charge in [0.15, 0.2) is 0 Å². The van der Waals surface area contributed by atoms with E-state index in [0.29, 0.717) is 12.8 Å². The zero-order valence-corrected chi connectivity index (χ0v) is 10.8. The van der Waals surface area contributed by atoms with E-state index in [1.165, 1.54) is 24.8 Å². The van der Waals surface area contributed by atoms with Crippen LogP contribution in [0.1, 0.15) is 43.6 Å². The summed E-state index contributed by atoms with van der Waals surface area (Å²) in [5.74, 6) is 0.326. The van der Waals surface area contributed by atoms with Gasteiger partial charge in [-0.2, -0.15) is 0 Å². The van der Waals surface area contributed by atoms with Crippen LogP contribution in [-0.2, 0) is 9.59 Å². The van der Waals surface area contributed by atoms with E-state index in [0.717, 1.165) is 11.6 Å². The van der Waals surface area contributed by atoms with E-state index in [9.17, 15) is 9.59 Å². The van der Waals surface area contributed by atoms with E-state index in [-0.39, 0.29) is 17.9 Å². The highest BCUT2D eigenvalue weighted by Crippen LogP contribution is 2.36. The molecule has 1 aromatic carbocycles. The number of piperidine rings is 1. The molecule has 1 aliphatic heterocycles. The number of carbonyl (C=O) groups is 2. The summed E-state index contributed by atoms with van der Waals surface area (Å²) in [6.07, 6.45) is 4.89. The Labute approximate surface area is 112 Å². The second-order valence-electron chi connectivity index (χ2n) is 5.40. The van der Waals surface area contributed by atoms with Crippen LogP contribution in [0.4, 0.5) is 5.69 Å². The van der Waals surface area contributed by atoms with Crippen molar-refractivity contribution in [3.05, 3.63) is 29.8 Å². The third-order valence-electron chi connectivity index (χ3n) is 4.07. The molecular formula is C15H18N2O2. The van der Waals surface area contributed by atoms with Crippen LogP contribution in [0.25, 0.3) is 0 Å². The van der Waals surface area contributed by atoms with E-state index in [4.69, 9.17) is 0 Å². The van der Waals surface area contributed by atoms with Crippen molar-refractivity contribution < 1.29 is 9.59 Å². The van der Waals surface area contributed by atoms with Crippen LogP contribution >= 0.6 is 0 Å². The normalized spacial score (nSPS) is 23.7. The Hall–Kier alpha value is -1.84. The van der Waals surface area contributed by atoms with Gasteiger partial charge in [-0.05, 0) is 42.9 Å². The molecule has 1 unspecified atom stereocenters. The molecule has 1 saturated heterocycles. The number of hydrogen-bond acceptors (Lipinski definition) is 3. The van der Waals surface area contributed by atoms with Gasteiger partial charge >= 0.3 is 0 Å². The third-order valence-corrected chi connectivity index (χ3v) is 4.07. The first-order valence-electron chi connectivity index (χ1n) is 6.92. The van der Waals surface area contributed by atoms with E-state index < -0.39 is 0 Å². The van der Waals surface area contributed by atoms with E-state index in [2.05, 4.69) is 22.8 Å². The molecule has 2 aliphatic rings. The lowest BCUT2D eigenvalue weighted by Gasteiger charge is -2.26. The summed E-state index contributed by atoms with van der Waals surface area (Å²) >= 11 is 0. The minimum absolute atomic E-state index is 0.177. The van der Waals surface area contributed by atoms with Crippen molar-refractivity contribution in [2.45, 2.75) is 44.1 Å². The number of imide groups is 1. The van der Waals surface area contributed by atoms with Crippen LogP contribution in [-0.4, -0.2) is 17.9 Å². The van der Waals surface area contributed by atoms with Gasteiger partial charge in [-0.15, -0.1) is 0 Å². The van der Waals surface area contributed by atoms with Crippen molar-refractivity contribution in [2.24, 2.45) is 0 Å². The fourth-order valence-electron chi connectivity index (χ4n) is 2.63. The predicted octanol–water partition coefficient (Wildman–Crippen LogP) is 2.17. The van der Waals surface area contributed by atoms with Crippen molar-refractivity contribution >= 4 is 17.5 Å². The average molecular weight is 258 g/mol. The lowest BCUT2D eigenvalue weighted by molar-refractivity contribution is -0.133. The molecule has 1 aliphatic carbocycles. The third kappa shape index (κ3) is 2.62. The molecule has 2 amide bonds. The second kappa shape index (κ2) is 5.03. The van der Waals surface area contributed by atoms with Gasteiger partial charge in [0.2, 0.25) is 11.8 Å². The zero-order chi connectivity index (χ0) is 13.2. The van der Waals surface area contributed by atoms with Gasteiger partial charge < -0.3 is 5.32 Å².